The molecule has 1 unspecified atom stereocenters. The molecule has 1 aromatic rings. The first-order valence-electron chi connectivity index (χ1n) is 5.56. The maximum absolute atomic E-state index is 11.9. The average Bonchev–Trinajstić information content (AvgIpc) is 2.76. The van der Waals surface area contributed by atoms with Gasteiger partial charge in [0.2, 0.25) is 0 Å². The fourth-order valence-electron chi connectivity index (χ4n) is 1.55. The Balaban J connectivity index is 2.77. The predicted molar refractivity (Wildman–Crippen MR) is 62.1 cm³/mol. The Hall–Kier alpha value is -1.78. The molecule has 1 amide bonds. The van der Waals surface area contributed by atoms with Crippen LogP contribution in [0.25, 0.3) is 0 Å². The second-order valence-corrected chi connectivity index (χ2v) is 4.06. The lowest BCUT2D eigenvalue weighted by Gasteiger charge is -2.23. The molecule has 5 nitrogen and oxygen atoms in total. The van der Waals surface area contributed by atoms with Crippen LogP contribution in [0.1, 0.15) is 47.6 Å². The lowest BCUT2D eigenvalue weighted by molar-refractivity contribution is 0.0690. The monoisotopic (exact) mass is 239 g/mol. The summed E-state index contributed by atoms with van der Waals surface area (Å²) in [7, 11) is 1.69. The van der Waals surface area contributed by atoms with Crippen LogP contribution >= 0.6 is 0 Å². The number of carboxylic acid groups (broad SMARTS) is 1. The van der Waals surface area contributed by atoms with E-state index in [1.807, 2.05) is 13.8 Å². The van der Waals surface area contributed by atoms with Crippen molar-refractivity contribution in [1.82, 2.24) is 4.90 Å². The van der Waals surface area contributed by atoms with Gasteiger partial charge in [0, 0.05) is 19.2 Å². The first-order chi connectivity index (χ1) is 7.97. The molecule has 0 aromatic carbocycles. The molecule has 1 aromatic heterocycles. The van der Waals surface area contributed by atoms with Gasteiger partial charge in [0.15, 0.2) is 5.76 Å². The van der Waals surface area contributed by atoms with Crippen molar-refractivity contribution in [2.45, 2.75) is 32.7 Å². The van der Waals surface area contributed by atoms with E-state index in [1.54, 1.807) is 11.9 Å². The molecule has 0 fully saturated rings. The van der Waals surface area contributed by atoms with Crippen LogP contribution in [-0.2, 0) is 0 Å². The Labute approximate surface area is 100 Å². The van der Waals surface area contributed by atoms with Gasteiger partial charge in [0.25, 0.3) is 5.91 Å². The maximum Gasteiger partial charge on any atom is 0.338 e. The highest BCUT2D eigenvalue weighted by Gasteiger charge is 2.21. The Morgan fingerprint density at radius 1 is 1.53 bits per heavy atom. The molecule has 0 bridgehead atoms. The van der Waals surface area contributed by atoms with Gasteiger partial charge in [-0.25, -0.2) is 4.79 Å². The number of hydrogen-bond acceptors (Lipinski definition) is 3. The Morgan fingerprint density at radius 2 is 2.18 bits per heavy atom. The van der Waals surface area contributed by atoms with Crippen molar-refractivity contribution >= 4 is 11.9 Å². The third-order valence-electron chi connectivity index (χ3n) is 2.75. The number of hydrogen-bond donors (Lipinski definition) is 1. The smallest absolute Gasteiger partial charge is 0.338 e. The summed E-state index contributed by atoms with van der Waals surface area (Å²) < 4.78 is 4.97. The van der Waals surface area contributed by atoms with Crippen molar-refractivity contribution in [1.29, 1.82) is 0 Å². The van der Waals surface area contributed by atoms with Gasteiger partial charge in [-0.2, -0.15) is 0 Å². The van der Waals surface area contributed by atoms with Gasteiger partial charge in [-0.1, -0.05) is 13.3 Å². The van der Waals surface area contributed by atoms with E-state index in [1.165, 1.54) is 6.07 Å². The lowest BCUT2D eigenvalue weighted by Crippen LogP contribution is -2.34. The summed E-state index contributed by atoms with van der Waals surface area (Å²) in [4.78, 5) is 24.2. The number of rotatable bonds is 5. The number of carbonyl (C=O) groups excluding carboxylic acids is 1. The summed E-state index contributed by atoms with van der Waals surface area (Å²) in [6, 6.07) is 1.35. The fraction of sp³-hybridized carbons (Fsp3) is 0.500. The van der Waals surface area contributed by atoms with Crippen molar-refractivity contribution < 1.29 is 19.1 Å². The van der Waals surface area contributed by atoms with Crippen LogP contribution < -0.4 is 0 Å². The van der Waals surface area contributed by atoms with E-state index >= 15 is 0 Å². The first kappa shape index (κ1) is 13.3. The third-order valence-corrected chi connectivity index (χ3v) is 2.75. The lowest BCUT2D eigenvalue weighted by atomic mass is 10.1. The van der Waals surface area contributed by atoms with E-state index < -0.39 is 5.97 Å². The number of aromatic carboxylic acids is 1. The van der Waals surface area contributed by atoms with Crippen LogP contribution in [0.4, 0.5) is 0 Å². The highest BCUT2D eigenvalue weighted by Crippen LogP contribution is 2.13. The van der Waals surface area contributed by atoms with Crippen molar-refractivity contribution in [3.63, 3.8) is 0 Å². The molecule has 5 heteroatoms. The summed E-state index contributed by atoms with van der Waals surface area (Å²) in [5.41, 5.74) is -0.00936. The quantitative estimate of drug-likeness (QED) is 0.855. The van der Waals surface area contributed by atoms with Gasteiger partial charge in [-0.05, 0) is 13.3 Å². The number of carboxylic acids is 1. The maximum atomic E-state index is 11.9. The Morgan fingerprint density at radius 3 is 2.65 bits per heavy atom. The SMILES string of the molecule is CCCC(C)N(C)C(=O)c1cc(C(=O)O)co1. The zero-order valence-electron chi connectivity index (χ0n) is 10.3. The van der Waals surface area contributed by atoms with E-state index in [0.717, 1.165) is 19.1 Å². The summed E-state index contributed by atoms with van der Waals surface area (Å²) in [6.45, 7) is 3.99. The highest BCUT2D eigenvalue weighted by molar-refractivity contribution is 5.95. The zero-order valence-corrected chi connectivity index (χ0v) is 10.3. The second kappa shape index (κ2) is 5.52. The molecular weight excluding hydrogens is 222 g/mol. The molecule has 94 valence electrons. The van der Waals surface area contributed by atoms with Crippen LogP contribution in [-0.4, -0.2) is 35.0 Å². The van der Waals surface area contributed by atoms with Gasteiger partial charge in [-0.3, -0.25) is 4.79 Å². The van der Waals surface area contributed by atoms with Crippen molar-refractivity contribution in [3.05, 3.63) is 23.7 Å². The number of furan rings is 1. The molecule has 0 saturated heterocycles. The minimum Gasteiger partial charge on any atom is -0.478 e. The van der Waals surface area contributed by atoms with Crippen LogP contribution in [0.2, 0.25) is 0 Å². The topological polar surface area (TPSA) is 70.8 Å². The summed E-state index contributed by atoms with van der Waals surface area (Å²) in [6.07, 6.45) is 2.96. The summed E-state index contributed by atoms with van der Waals surface area (Å²) >= 11 is 0. The van der Waals surface area contributed by atoms with Crippen LogP contribution in [0.3, 0.4) is 0 Å². The standard InChI is InChI=1S/C12H17NO4/c1-4-5-8(2)13(3)11(14)10-6-9(7-17-10)12(15)16/h6-8H,4-5H2,1-3H3,(H,15,16). The second-order valence-electron chi connectivity index (χ2n) is 4.06. The fourth-order valence-corrected chi connectivity index (χ4v) is 1.55. The van der Waals surface area contributed by atoms with E-state index in [-0.39, 0.29) is 23.3 Å². The predicted octanol–water partition coefficient (Wildman–Crippen LogP) is 2.24. The molecule has 0 aliphatic heterocycles. The third kappa shape index (κ3) is 3.09. The normalized spacial score (nSPS) is 12.2. The molecule has 17 heavy (non-hydrogen) atoms. The van der Waals surface area contributed by atoms with Crippen LogP contribution in [0.15, 0.2) is 16.7 Å². The molecular formula is C12H17NO4. The van der Waals surface area contributed by atoms with E-state index in [4.69, 9.17) is 9.52 Å². The summed E-state index contributed by atoms with van der Waals surface area (Å²) in [5.74, 6) is -1.33. The molecule has 0 radical (unpaired) electrons. The molecule has 0 spiro atoms. The van der Waals surface area contributed by atoms with Crippen LogP contribution in [0, 0.1) is 0 Å². The average molecular weight is 239 g/mol. The van der Waals surface area contributed by atoms with Crippen molar-refractivity contribution in [3.8, 4) is 0 Å². The van der Waals surface area contributed by atoms with Crippen molar-refractivity contribution in [2.75, 3.05) is 7.05 Å². The van der Waals surface area contributed by atoms with Crippen molar-refractivity contribution in [2.24, 2.45) is 0 Å². The van der Waals surface area contributed by atoms with E-state index in [0.29, 0.717) is 0 Å². The number of amides is 1. The molecule has 0 saturated carbocycles. The Kier molecular flexibility index (Phi) is 4.31. The Bertz CT molecular complexity index is 410. The van der Waals surface area contributed by atoms with E-state index in [9.17, 15) is 9.59 Å². The molecule has 1 rings (SSSR count). The van der Waals surface area contributed by atoms with Gasteiger partial charge < -0.3 is 14.4 Å². The minimum absolute atomic E-state index is 0.00936. The van der Waals surface area contributed by atoms with Gasteiger partial charge in [0.1, 0.15) is 6.26 Å². The van der Waals surface area contributed by atoms with Crippen LogP contribution in [0.5, 0.6) is 0 Å². The number of carbonyl (C=O) groups is 2. The van der Waals surface area contributed by atoms with Gasteiger partial charge in [-0.15, -0.1) is 0 Å². The minimum atomic E-state index is -1.10. The molecule has 0 aliphatic rings. The first-order valence-corrected chi connectivity index (χ1v) is 5.56. The number of nitrogens with zero attached hydrogens (tertiary/aromatic N) is 1. The van der Waals surface area contributed by atoms with E-state index in [2.05, 4.69) is 0 Å². The largest absolute Gasteiger partial charge is 0.478 e. The van der Waals surface area contributed by atoms with Gasteiger partial charge >= 0.3 is 5.97 Å². The molecule has 1 N–H and O–H groups in total. The molecule has 1 atom stereocenters. The highest BCUT2D eigenvalue weighted by atomic mass is 16.4. The van der Waals surface area contributed by atoms with Gasteiger partial charge in [0.05, 0.1) is 5.56 Å². The molecule has 1 heterocycles. The summed E-state index contributed by atoms with van der Waals surface area (Å²) in [5, 5.41) is 8.73. The zero-order chi connectivity index (χ0) is 13.0. The molecule has 0 aliphatic carbocycles.